The van der Waals surface area contributed by atoms with Gasteiger partial charge >= 0.3 is 0 Å². The smallest absolute Gasteiger partial charge is 0.249 e. The minimum atomic E-state index is -2.61. The Morgan fingerprint density at radius 2 is 2.09 bits per heavy atom. The molecule has 120 valence electrons. The van der Waals surface area contributed by atoms with Gasteiger partial charge in [0.05, 0.1) is 0 Å². The Kier molecular flexibility index (Phi) is 3.38. The fourth-order valence-corrected chi connectivity index (χ4v) is 3.46. The summed E-state index contributed by atoms with van der Waals surface area (Å²) in [7, 11) is 0. The molecule has 22 heavy (non-hydrogen) atoms. The number of aryl methyl sites for hydroxylation is 1. The molecule has 0 spiro atoms. The van der Waals surface area contributed by atoms with Gasteiger partial charge in [0.2, 0.25) is 11.8 Å². The molecule has 1 aromatic carbocycles. The minimum Gasteiger partial charge on any atom is -0.373 e. The molecule has 1 amide bonds. The number of benzene rings is 1. The molecule has 0 aromatic heterocycles. The second-order valence-electron chi connectivity index (χ2n) is 6.91. The number of rotatable bonds is 3. The van der Waals surface area contributed by atoms with Crippen molar-refractivity contribution in [1.29, 1.82) is 0 Å². The van der Waals surface area contributed by atoms with Crippen LogP contribution in [-0.4, -0.2) is 24.4 Å². The van der Waals surface area contributed by atoms with Gasteiger partial charge in [-0.2, -0.15) is 0 Å². The maximum Gasteiger partial charge on any atom is 0.249 e. The Labute approximate surface area is 127 Å². The van der Waals surface area contributed by atoms with Crippen molar-refractivity contribution >= 4 is 11.6 Å². The number of alkyl halides is 2. The van der Waals surface area contributed by atoms with Crippen LogP contribution in [0.3, 0.4) is 0 Å². The van der Waals surface area contributed by atoms with Crippen molar-refractivity contribution in [1.82, 2.24) is 5.32 Å². The topological polar surface area (TPSA) is 41.1 Å². The van der Waals surface area contributed by atoms with Crippen molar-refractivity contribution in [3.05, 3.63) is 29.1 Å². The Hall–Kier alpha value is -1.72. The summed E-state index contributed by atoms with van der Waals surface area (Å²) in [5.74, 6) is -3.20. The molecule has 3 nitrogen and oxygen atoms in total. The molecule has 1 fully saturated rings. The zero-order valence-electron chi connectivity index (χ0n) is 12.6. The van der Waals surface area contributed by atoms with Crippen molar-refractivity contribution < 1.29 is 18.0 Å². The van der Waals surface area contributed by atoms with E-state index in [0.29, 0.717) is 11.3 Å². The first-order chi connectivity index (χ1) is 10.2. The standard InChI is InChI=1S/C16H19F3N2O/c1-9-3-11(17)10-5-13(21-12(10)4-9)14(22)20-8-15(2)6-16(18,19)7-15/h3-4,13,21H,5-8H2,1-2H3,(H,20,22). The number of hydrogen-bond acceptors (Lipinski definition) is 2. The fourth-order valence-electron chi connectivity index (χ4n) is 3.46. The van der Waals surface area contributed by atoms with Gasteiger partial charge in [-0.25, -0.2) is 13.2 Å². The third kappa shape index (κ3) is 2.78. The first-order valence-electron chi connectivity index (χ1n) is 7.39. The molecule has 0 saturated heterocycles. The molecule has 1 aromatic rings. The van der Waals surface area contributed by atoms with Gasteiger partial charge in [0.25, 0.3) is 0 Å². The van der Waals surface area contributed by atoms with Crippen molar-refractivity contribution in [3.8, 4) is 0 Å². The number of carbonyl (C=O) groups excluding carboxylic acids is 1. The van der Waals surface area contributed by atoms with Crippen molar-refractivity contribution in [2.24, 2.45) is 5.41 Å². The highest BCUT2D eigenvalue weighted by molar-refractivity contribution is 5.87. The second-order valence-corrected chi connectivity index (χ2v) is 6.91. The molecule has 1 unspecified atom stereocenters. The Balaban J connectivity index is 1.58. The van der Waals surface area contributed by atoms with E-state index < -0.39 is 17.4 Å². The lowest BCUT2D eigenvalue weighted by atomic mass is 9.67. The van der Waals surface area contributed by atoms with Crippen molar-refractivity contribution in [3.63, 3.8) is 0 Å². The molecular weight excluding hydrogens is 293 g/mol. The molecule has 1 saturated carbocycles. The maximum atomic E-state index is 13.9. The first-order valence-corrected chi connectivity index (χ1v) is 7.39. The van der Waals surface area contributed by atoms with Crippen LogP contribution in [0.4, 0.5) is 18.9 Å². The summed E-state index contributed by atoms with van der Waals surface area (Å²) in [6.07, 6.45) is -0.126. The Morgan fingerprint density at radius 3 is 2.73 bits per heavy atom. The quantitative estimate of drug-likeness (QED) is 0.901. The Bertz CT molecular complexity index is 622. The van der Waals surface area contributed by atoms with Crippen LogP contribution in [0.2, 0.25) is 0 Å². The molecular formula is C16H19F3N2O. The zero-order valence-corrected chi connectivity index (χ0v) is 12.6. The molecule has 0 radical (unpaired) electrons. The van der Waals surface area contributed by atoms with Gasteiger partial charge in [-0.15, -0.1) is 0 Å². The van der Waals surface area contributed by atoms with E-state index in [1.165, 1.54) is 6.07 Å². The number of nitrogens with one attached hydrogen (secondary N) is 2. The largest absolute Gasteiger partial charge is 0.373 e. The van der Waals surface area contributed by atoms with Gasteiger partial charge in [0.1, 0.15) is 11.9 Å². The summed E-state index contributed by atoms with van der Waals surface area (Å²) >= 11 is 0. The molecule has 0 bridgehead atoms. The summed E-state index contributed by atoms with van der Waals surface area (Å²) in [5.41, 5.74) is 1.38. The van der Waals surface area contributed by atoms with Gasteiger partial charge in [-0.05, 0) is 30.0 Å². The maximum absolute atomic E-state index is 13.9. The van der Waals surface area contributed by atoms with Crippen LogP contribution in [-0.2, 0) is 11.2 Å². The lowest BCUT2D eigenvalue weighted by Crippen LogP contribution is -2.52. The molecule has 1 atom stereocenters. The van der Waals surface area contributed by atoms with Crippen molar-refractivity contribution in [2.75, 3.05) is 11.9 Å². The van der Waals surface area contributed by atoms with Gasteiger partial charge in [0, 0.05) is 37.1 Å². The van der Waals surface area contributed by atoms with Crippen LogP contribution in [0.25, 0.3) is 0 Å². The third-order valence-corrected chi connectivity index (χ3v) is 4.45. The average Bonchev–Trinajstić information content (AvgIpc) is 2.77. The van der Waals surface area contributed by atoms with Gasteiger partial charge in [-0.1, -0.05) is 6.92 Å². The van der Waals surface area contributed by atoms with E-state index in [2.05, 4.69) is 10.6 Å². The molecule has 1 heterocycles. The highest BCUT2D eigenvalue weighted by Gasteiger charge is 2.53. The number of anilines is 1. The van der Waals surface area contributed by atoms with Crippen LogP contribution in [0.5, 0.6) is 0 Å². The van der Waals surface area contributed by atoms with E-state index in [-0.39, 0.29) is 37.5 Å². The van der Waals surface area contributed by atoms with Crippen LogP contribution < -0.4 is 10.6 Å². The predicted octanol–water partition coefficient (Wildman–Crippen LogP) is 3.02. The zero-order chi connectivity index (χ0) is 16.1. The lowest BCUT2D eigenvalue weighted by molar-refractivity contribution is -0.154. The normalized spacial score (nSPS) is 24.1. The molecule has 6 heteroatoms. The minimum absolute atomic E-state index is 0.202. The summed E-state index contributed by atoms with van der Waals surface area (Å²) in [6.45, 7) is 3.75. The molecule has 2 aliphatic rings. The molecule has 3 rings (SSSR count). The highest BCUT2D eigenvalue weighted by atomic mass is 19.3. The van der Waals surface area contributed by atoms with Crippen LogP contribution >= 0.6 is 0 Å². The fraction of sp³-hybridized carbons (Fsp3) is 0.562. The van der Waals surface area contributed by atoms with Gasteiger partial charge in [0.15, 0.2) is 0 Å². The van der Waals surface area contributed by atoms with E-state index in [4.69, 9.17) is 0 Å². The number of hydrogen-bond donors (Lipinski definition) is 2. The summed E-state index contributed by atoms with van der Waals surface area (Å²) in [6, 6.07) is 2.70. The van der Waals surface area contributed by atoms with E-state index in [9.17, 15) is 18.0 Å². The third-order valence-electron chi connectivity index (χ3n) is 4.45. The van der Waals surface area contributed by atoms with E-state index in [1.807, 2.05) is 0 Å². The van der Waals surface area contributed by atoms with E-state index >= 15 is 0 Å². The van der Waals surface area contributed by atoms with Crippen LogP contribution in [0.1, 0.15) is 30.9 Å². The van der Waals surface area contributed by atoms with Gasteiger partial charge in [-0.3, -0.25) is 4.79 Å². The summed E-state index contributed by atoms with van der Waals surface area (Å²) in [4.78, 5) is 12.2. The average molecular weight is 312 g/mol. The lowest BCUT2D eigenvalue weighted by Gasteiger charge is -2.45. The highest BCUT2D eigenvalue weighted by Crippen LogP contribution is 2.51. The second kappa shape index (κ2) is 4.89. The molecule has 1 aliphatic heterocycles. The SMILES string of the molecule is Cc1cc(F)c2c(c1)NC(C(=O)NCC1(C)CC(F)(F)C1)C2. The number of fused-ring (bicyclic) bond motifs is 1. The number of halogens is 3. The number of amides is 1. The van der Waals surface area contributed by atoms with Crippen LogP contribution in [0.15, 0.2) is 12.1 Å². The Morgan fingerprint density at radius 1 is 1.41 bits per heavy atom. The number of carbonyl (C=O) groups is 1. The summed E-state index contributed by atoms with van der Waals surface area (Å²) < 4.78 is 39.8. The monoisotopic (exact) mass is 312 g/mol. The molecule has 2 N–H and O–H groups in total. The van der Waals surface area contributed by atoms with Crippen molar-refractivity contribution in [2.45, 2.75) is 45.1 Å². The first kappa shape index (κ1) is 15.2. The van der Waals surface area contributed by atoms with Crippen LogP contribution in [0, 0.1) is 18.2 Å². The van der Waals surface area contributed by atoms with E-state index in [0.717, 1.165) is 5.56 Å². The van der Waals surface area contributed by atoms with Gasteiger partial charge < -0.3 is 10.6 Å². The molecule has 1 aliphatic carbocycles. The van der Waals surface area contributed by atoms with E-state index in [1.54, 1.807) is 19.9 Å². The predicted molar refractivity (Wildman–Crippen MR) is 77.5 cm³/mol. The summed E-state index contributed by atoms with van der Waals surface area (Å²) in [5, 5.41) is 5.72.